The summed E-state index contributed by atoms with van der Waals surface area (Å²) in [5.74, 6) is 0. The molecule has 48 valence electrons. The lowest BCUT2D eigenvalue weighted by Gasteiger charge is -2.14. The summed E-state index contributed by atoms with van der Waals surface area (Å²) >= 11 is 0. The lowest BCUT2D eigenvalue weighted by molar-refractivity contribution is 0.107. The van der Waals surface area contributed by atoms with Gasteiger partial charge in [-0.2, -0.15) is 0 Å². The van der Waals surface area contributed by atoms with Crippen LogP contribution in [-0.4, -0.2) is 10.7 Å². The normalized spacial score (nSPS) is 19.0. The van der Waals surface area contributed by atoms with E-state index < -0.39 is 5.60 Å². The van der Waals surface area contributed by atoms with Gasteiger partial charge in [0.25, 0.3) is 0 Å². The van der Waals surface area contributed by atoms with Gasteiger partial charge in [0.05, 0.1) is 5.60 Å². The van der Waals surface area contributed by atoms with Crippen molar-refractivity contribution in [1.82, 2.24) is 0 Å². The molecule has 0 aliphatic rings. The third kappa shape index (κ3) is 2.80. The number of hydrogen-bond acceptors (Lipinski definition) is 1. The van der Waals surface area contributed by atoms with Crippen LogP contribution in [0, 0.1) is 0 Å². The topological polar surface area (TPSA) is 20.2 Å². The first-order valence-electron chi connectivity index (χ1n) is 2.98. The van der Waals surface area contributed by atoms with Crippen LogP contribution in [0.2, 0.25) is 0 Å². The highest BCUT2D eigenvalue weighted by Crippen LogP contribution is 2.08. The van der Waals surface area contributed by atoms with E-state index >= 15 is 0 Å². The average Bonchev–Trinajstić information content (AvgIpc) is 1.67. The maximum atomic E-state index is 9.24. The van der Waals surface area contributed by atoms with E-state index in [1.165, 1.54) is 0 Å². The van der Waals surface area contributed by atoms with E-state index in [2.05, 4.69) is 0 Å². The predicted molar refractivity (Wildman–Crippen MR) is 35.7 cm³/mol. The van der Waals surface area contributed by atoms with Gasteiger partial charge in [0.15, 0.2) is 0 Å². The Balaban J connectivity index is 3.71. The van der Waals surface area contributed by atoms with Crippen LogP contribution in [-0.2, 0) is 0 Å². The molecule has 8 heavy (non-hydrogen) atoms. The summed E-state index contributed by atoms with van der Waals surface area (Å²) in [4.78, 5) is 0. The number of rotatable bonds is 2. The molecular formula is C7H14O. The lowest BCUT2D eigenvalue weighted by atomic mass is 10.0. The Bertz CT molecular complexity index is 82.4. The summed E-state index contributed by atoms with van der Waals surface area (Å²) < 4.78 is 0. The zero-order chi connectivity index (χ0) is 6.62. The van der Waals surface area contributed by atoms with Gasteiger partial charge in [-0.15, -0.1) is 0 Å². The smallest absolute Gasteiger partial charge is 0.0796 e. The van der Waals surface area contributed by atoms with Gasteiger partial charge in [-0.25, -0.2) is 0 Å². The van der Waals surface area contributed by atoms with Crippen LogP contribution < -0.4 is 0 Å². The maximum Gasteiger partial charge on any atom is 0.0796 e. The Hall–Kier alpha value is -0.300. The highest BCUT2D eigenvalue weighted by molar-refractivity contribution is 4.95. The van der Waals surface area contributed by atoms with Gasteiger partial charge in [0, 0.05) is 0 Å². The summed E-state index contributed by atoms with van der Waals surface area (Å²) in [7, 11) is 0. The molecule has 0 saturated heterocycles. The molecule has 1 atom stereocenters. The molecular weight excluding hydrogens is 100 g/mol. The summed E-state index contributed by atoms with van der Waals surface area (Å²) in [6.45, 7) is 5.66. The highest BCUT2D eigenvalue weighted by atomic mass is 16.3. The maximum absolute atomic E-state index is 9.24. The van der Waals surface area contributed by atoms with Crippen molar-refractivity contribution in [3.05, 3.63) is 12.2 Å². The summed E-state index contributed by atoms with van der Waals surface area (Å²) in [6, 6.07) is 0. The largest absolute Gasteiger partial charge is 0.386 e. The van der Waals surface area contributed by atoms with Crippen LogP contribution in [0.25, 0.3) is 0 Å². The fourth-order valence-corrected chi connectivity index (χ4v) is 0.477. The zero-order valence-corrected chi connectivity index (χ0v) is 5.81. The van der Waals surface area contributed by atoms with E-state index in [4.69, 9.17) is 0 Å². The average molecular weight is 114 g/mol. The van der Waals surface area contributed by atoms with Crippen LogP contribution in [0.4, 0.5) is 0 Å². The zero-order valence-electron chi connectivity index (χ0n) is 5.81. The molecule has 0 aromatic rings. The Morgan fingerprint density at radius 3 is 2.25 bits per heavy atom. The van der Waals surface area contributed by atoms with Gasteiger partial charge in [-0.05, 0) is 20.3 Å². The van der Waals surface area contributed by atoms with Crippen molar-refractivity contribution in [2.75, 3.05) is 0 Å². The van der Waals surface area contributed by atoms with Crippen molar-refractivity contribution in [2.45, 2.75) is 32.8 Å². The molecule has 1 N–H and O–H groups in total. The molecule has 0 aromatic carbocycles. The molecule has 0 radical (unpaired) electrons. The van der Waals surface area contributed by atoms with Gasteiger partial charge >= 0.3 is 0 Å². The molecule has 0 aromatic heterocycles. The van der Waals surface area contributed by atoms with E-state index in [0.717, 1.165) is 6.42 Å². The summed E-state index contributed by atoms with van der Waals surface area (Å²) in [5.41, 5.74) is -0.589. The van der Waals surface area contributed by atoms with Crippen molar-refractivity contribution in [2.24, 2.45) is 0 Å². The molecule has 0 fully saturated rings. The SMILES string of the molecule is C/C=C/[C@](C)(O)CC. The lowest BCUT2D eigenvalue weighted by Crippen LogP contribution is -2.18. The second-order valence-corrected chi connectivity index (χ2v) is 2.21. The van der Waals surface area contributed by atoms with Gasteiger partial charge in [-0.1, -0.05) is 19.1 Å². The Morgan fingerprint density at radius 2 is 2.12 bits per heavy atom. The monoisotopic (exact) mass is 114 g/mol. The second-order valence-electron chi connectivity index (χ2n) is 2.21. The molecule has 0 aliphatic heterocycles. The first-order valence-corrected chi connectivity index (χ1v) is 2.98. The molecule has 0 spiro atoms. The van der Waals surface area contributed by atoms with Crippen molar-refractivity contribution >= 4 is 0 Å². The van der Waals surface area contributed by atoms with Crippen LogP contribution >= 0.6 is 0 Å². The Labute approximate surface area is 51.0 Å². The van der Waals surface area contributed by atoms with Crippen LogP contribution in [0.1, 0.15) is 27.2 Å². The molecule has 1 nitrogen and oxygen atoms in total. The molecule has 0 aliphatic carbocycles. The fourth-order valence-electron chi connectivity index (χ4n) is 0.477. The highest BCUT2D eigenvalue weighted by Gasteiger charge is 2.10. The van der Waals surface area contributed by atoms with Gasteiger partial charge in [-0.3, -0.25) is 0 Å². The molecule has 0 saturated carbocycles. The molecule has 0 amide bonds. The number of aliphatic hydroxyl groups is 1. The van der Waals surface area contributed by atoms with Crippen LogP contribution in [0.3, 0.4) is 0 Å². The van der Waals surface area contributed by atoms with Crippen molar-refractivity contribution in [3.8, 4) is 0 Å². The first-order chi connectivity index (χ1) is 3.62. The predicted octanol–water partition coefficient (Wildman–Crippen LogP) is 1.72. The second kappa shape index (κ2) is 2.88. The van der Waals surface area contributed by atoms with Crippen molar-refractivity contribution in [1.29, 1.82) is 0 Å². The first kappa shape index (κ1) is 7.70. The van der Waals surface area contributed by atoms with Crippen LogP contribution in [0.15, 0.2) is 12.2 Å². The Kier molecular flexibility index (Phi) is 2.77. The minimum Gasteiger partial charge on any atom is -0.386 e. The number of allylic oxidation sites excluding steroid dienone is 1. The minimum absolute atomic E-state index is 0.589. The summed E-state index contributed by atoms with van der Waals surface area (Å²) in [6.07, 6.45) is 4.44. The van der Waals surface area contributed by atoms with E-state index in [9.17, 15) is 5.11 Å². The van der Waals surface area contributed by atoms with Gasteiger partial charge in [0.2, 0.25) is 0 Å². The van der Waals surface area contributed by atoms with Gasteiger partial charge in [0.1, 0.15) is 0 Å². The van der Waals surface area contributed by atoms with E-state index in [1.807, 2.05) is 19.9 Å². The number of hydrogen-bond donors (Lipinski definition) is 1. The minimum atomic E-state index is -0.589. The molecule has 0 bridgehead atoms. The molecule has 0 heterocycles. The van der Waals surface area contributed by atoms with Crippen molar-refractivity contribution < 1.29 is 5.11 Å². The third-order valence-electron chi connectivity index (χ3n) is 1.24. The standard InChI is InChI=1S/C7H14O/c1-4-6-7(3,8)5-2/h4,6,8H,5H2,1-3H3/b6-4+/t7-/m1/s1. The molecule has 1 heteroatoms. The van der Waals surface area contributed by atoms with E-state index in [-0.39, 0.29) is 0 Å². The Morgan fingerprint density at radius 1 is 1.62 bits per heavy atom. The van der Waals surface area contributed by atoms with Crippen LogP contribution in [0.5, 0.6) is 0 Å². The molecule has 0 rings (SSSR count). The van der Waals surface area contributed by atoms with E-state index in [0.29, 0.717) is 0 Å². The quantitative estimate of drug-likeness (QED) is 0.542. The summed E-state index contributed by atoms with van der Waals surface area (Å²) in [5, 5.41) is 9.24. The molecule has 0 unspecified atom stereocenters. The van der Waals surface area contributed by atoms with Crippen molar-refractivity contribution in [3.63, 3.8) is 0 Å². The van der Waals surface area contributed by atoms with E-state index in [1.54, 1.807) is 13.0 Å². The van der Waals surface area contributed by atoms with Gasteiger partial charge < -0.3 is 5.11 Å². The fraction of sp³-hybridized carbons (Fsp3) is 0.714. The third-order valence-corrected chi connectivity index (χ3v) is 1.24.